The first-order valence-electron chi connectivity index (χ1n) is 23.5. The van der Waals surface area contributed by atoms with E-state index in [4.69, 9.17) is 0 Å². The highest BCUT2D eigenvalue weighted by molar-refractivity contribution is 9.11. The Hall–Kier alpha value is -7.17. The van der Waals surface area contributed by atoms with Gasteiger partial charge >= 0.3 is 0 Å². The second-order valence-electron chi connectivity index (χ2n) is 17.0. The highest BCUT2D eigenvalue weighted by Crippen LogP contribution is 2.40. The zero-order chi connectivity index (χ0) is 50.8. The van der Waals surface area contributed by atoms with E-state index in [2.05, 4.69) is 155 Å². The summed E-state index contributed by atoms with van der Waals surface area (Å²) in [4.78, 5) is 34.9. The van der Waals surface area contributed by atoms with Crippen molar-refractivity contribution in [1.82, 2.24) is 0 Å². The van der Waals surface area contributed by atoms with Crippen LogP contribution in [0.5, 0.6) is 0 Å². The molecule has 0 atom stereocenters. The summed E-state index contributed by atoms with van der Waals surface area (Å²) >= 11 is 10.7. The van der Waals surface area contributed by atoms with Gasteiger partial charge in [-0.25, -0.2) is 0 Å². The first-order valence-corrected chi connectivity index (χ1v) is 25.8. The number of carbonyl (C=O) groups excluding carboxylic acids is 3. The van der Waals surface area contributed by atoms with Gasteiger partial charge in [-0.2, -0.15) is 0 Å². The van der Waals surface area contributed by atoms with E-state index in [0.717, 1.165) is 47.2 Å². The molecule has 9 heteroatoms. The molecule has 0 aromatic heterocycles. The minimum Gasteiger partial charge on any atom is -0.326 e. The number of hydrogen-bond acceptors (Lipinski definition) is 3. The van der Waals surface area contributed by atoms with Crippen LogP contribution >= 0.6 is 47.8 Å². The molecule has 0 spiro atoms. The zero-order valence-corrected chi connectivity index (χ0v) is 44.9. The van der Waals surface area contributed by atoms with Crippen LogP contribution in [0.4, 0.5) is 17.1 Å². The zero-order valence-electron chi connectivity index (χ0n) is 40.1. The molecule has 0 fully saturated rings. The summed E-state index contributed by atoms with van der Waals surface area (Å²) in [7, 11) is 0. The Morgan fingerprint density at radius 1 is 0.292 bits per heavy atom. The van der Waals surface area contributed by atoms with Crippen LogP contribution < -0.4 is 16.0 Å². The molecule has 72 heavy (non-hydrogen) atoms. The van der Waals surface area contributed by atoms with Gasteiger partial charge in [-0.3, -0.25) is 14.4 Å². The molecule has 6 nitrogen and oxygen atoms in total. The van der Waals surface area contributed by atoms with E-state index in [1.165, 1.54) is 54.2 Å². The Morgan fingerprint density at radius 3 is 0.639 bits per heavy atom. The minimum atomic E-state index is -0.0709. The Balaban J connectivity index is 0.000000158. The van der Waals surface area contributed by atoms with E-state index >= 15 is 0 Å². The number of anilines is 3. The maximum Gasteiger partial charge on any atom is 0.221 e. The molecule has 9 aromatic carbocycles. The van der Waals surface area contributed by atoms with Gasteiger partial charge in [0.25, 0.3) is 0 Å². The van der Waals surface area contributed by atoms with Crippen LogP contribution in [0.15, 0.2) is 250 Å². The lowest BCUT2D eigenvalue weighted by atomic mass is 9.84. The van der Waals surface area contributed by atoms with Crippen LogP contribution in [-0.2, 0) is 14.4 Å². The second-order valence-corrected chi connectivity index (χ2v) is 19.7. The summed E-state index contributed by atoms with van der Waals surface area (Å²) in [5.74, 6) is -0.0689. The maximum absolute atomic E-state index is 11.6. The van der Waals surface area contributed by atoms with Crippen molar-refractivity contribution in [2.24, 2.45) is 0 Å². The van der Waals surface area contributed by atoms with Gasteiger partial charge in [0.05, 0.1) is 0 Å². The number of hydrogen-bond donors (Lipinski definition) is 3. The SMILES string of the molecule is CC(=O)Nc1ccc(Br)cc1C(c1ccccc1)c1ccccc1.CC(=O)Nc1ccc(Br)cc1C(c1ccccc1)c1ccccc1.CC(=O)Nc1ccc(Br)cc1C(c1ccccc1)c1ccccc1. The Labute approximate surface area is 448 Å². The van der Waals surface area contributed by atoms with Crippen molar-refractivity contribution in [2.75, 3.05) is 16.0 Å². The minimum absolute atomic E-state index is 0.0479. The third-order valence-electron chi connectivity index (χ3n) is 11.7. The summed E-state index contributed by atoms with van der Waals surface area (Å²) in [6, 6.07) is 80.0. The van der Waals surface area contributed by atoms with Crippen LogP contribution in [0, 0.1) is 0 Å². The standard InChI is InChI=1S/3C21H18BrNO/c3*1-15(24)23-20-13-12-18(22)14-19(20)21(16-8-4-2-5-9-16)17-10-6-3-7-11-17/h3*2-14,21H,1H3,(H,23,24). The van der Waals surface area contributed by atoms with Crippen molar-refractivity contribution in [2.45, 2.75) is 38.5 Å². The molecule has 0 bridgehead atoms. The number of nitrogens with one attached hydrogen (secondary N) is 3. The Kier molecular flexibility index (Phi) is 19.3. The Bertz CT molecular complexity index is 2720. The van der Waals surface area contributed by atoms with Crippen LogP contribution in [0.25, 0.3) is 0 Å². The number of rotatable bonds is 12. The van der Waals surface area contributed by atoms with Crippen molar-refractivity contribution >= 4 is 82.6 Å². The van der Waals surface area contributed by atoms with E-state index in [1.807, 2.05) is 146 Å². The van der Waals surface area contributed by atoms with E-state index < -0.39 is 0 Å². The number of halogens is 3. The second kappa shape index (κ2) is 26.3. The molecular weight excluding hydrogens is 1090 g/mol. The van der Waals surface area contributed by atoms with Gasteiger partial charge in [0.1, 0.15) is 0 Å². The largest absolute Gasteiger partial charge is 0.326 e. The van der Waals surface area contributed by atoms with Crippen LogP contribution in [0.1, 0.15) is 88.6 Å². The van der Waals surface area contributed by atoms with Crippen molar-refractivity contribution < 1.29 is 14.4 Å². The van der Waals surface area contributed by atoms with Gasteiger partial charge in [0, 0.05) is 69.0 Å². The van der Waals surface area contributed by atoms with Gasteiger partial charge in [-0.1, -0.05) is 230 Å². The number of carbonyl (C=O) groups is 3. The lowest BCUT2D eigenvalue weighted by molar-refractivity contribution is -0.115. The van der Waals surface area contributed by atoms with Crippen LogP contribution in [0.3, 0.4) is 0 Å². The van der Waals surface area contributed by atoms with Gasteiger partial charge < -0.3 is 16.0 Å². The smallest absolute Gasteiger partial charge is 0.221 e. The lowest BCUT2D eigenvalue weighted by Crippen LogP contribution is -2.12. The number of amides is 3. The molecule has 0 radical (unpaired) electrons. The van der Waals surface area contributed by atoms with Gasteiger partial charge in [0.15, 0.2) is 0 Å². The molecule has 0 saturated carbocycles. The number of benzene rings is 9. The highest BCUT2D eigenvalue weighted by Gasteiger charge is 2.23. The first kappa shape index (κ1) is 52.6. The third kappa shape index (κ3) is 14.7. The summed E-state index contributed by atoms with van der Waals surface area (Å²) < 4.78 is 2.97. The normalized spacial score (nSPS) is 10.6. The molecule has 0 unspecified atom stereocenters. The van der Waals surface area contributed by atoms with Crippen molar-refractivity contribution in [3.63, 3.8) is 0 Å². The molecule has 3 amide bonds. The molecule has 9 aromatic rings. The van der Waals surface area contributed by atoms with E-state index in [9.17, 15) is 14.4 Å². The first-order chi connectivity index (χ1) is 34.9. The van der Waals surface area contributed by atoms with Crippen molar-refractivity contribution in [1.29, 1.82) is 0 Å². The molecule has 9 rings (SSSR count). The quantitative estimate of drug-likeness (QED) is 0.107. The van der Waals surface area contributed by atoms with Gasteiger partial charge in [-0.05, 0) is 105 Å². The molecule has 0 aliphatic heterocycles. The molecule has 360 valence electrons. The molecule has 0 saturated heterocycles. The fourth-order valence-electron chi connectivity index (χ4n) is 8.76. The molecule has 0 aliphatic rings. The maximum atomic E-state index is 11.6. The summed E-state index contributed by atoms with van der Waals surface area (Å²) in [5.41, 5.74) is 12.8. The fourth-order valence-corrected chi connectivity index (χ4v) is 9.89. The predicted octanol–water partition coefficient (Wildman–Crippen LogP) is 16.8. The van der Waals surface area contributed by atoms with Crippen molar-refractivity contribution in [3.8, 4) is 0 Å². The monoisotopic (exact) mass is 1140 g/mol. The van der Waals surface area contributed by atoms with Crippen LogP contribution in [-0.4, -0.2) is 17.7 Å². The van der Waals surface area contributed by atoms with Gasteiger partial charge in [-0.15, -0.1) is 0 Å². The highest BCUT2D eigenvalue weighted by atomic mass is 79.9. The summed E-state index contributed by atoms with van der Waals surface area (Å²) in [5, 5.41) is 8.88. The topological polar surface area (TPSA) is 87.3 Å². The molecule has 0 heterocycles. The van der Waals surface area contributed by atoms with E-state index in [-0.39, 0.29) is 35.5 Å². The van der Waals surface area contributed by atoms with E-state index in [1.54, 1.807) is 0 Å². The third-order valence-corrected chi connectivity index (χ3v) is 13.2. The summed E-state index contributed by atoms with van der Waals surface area (Å²) in [6.45, 7) is 4.60. The Morgan fingerprint density at radius 2 is 0.472 bits per heavy atom. The van der Waals surface area contributed by atoms with Gasteiger partial charge in [0.2, 0.25) is 17.7 Å². The van der Waals surface area contributed by atoms with E-state index in [0.29, 0.717) is 0 Å². The summed E-state index contributed by atoms with van der Waals surface area (Å²) in [6.07, 6.45) is 0. The molecule has 0 aliphatic carbocycles. The average molecular weight is 1140 g/mol. The fraction of sp³-hybridized carbons (Fsp3) is 0.0952. The van der Waals surface area contributed by atoms with Crippen molar-refractivity contribution in [3.05, 3.63) is 300 Å². The average Bonchev–Trinajstić information content (AvgIpc) is 3.39. The lowest BCUT2D eigenvalue weighted by Gasteiger charge is -2.22. The molecule has 3 N–H and O–H groups in total. The van der Waals surface area contributed by atoms with Crippen LogP contribution in [0.2, 0.25) is 0 Å². The predicted molar refractivity (Wildman–Crippen MR) is 307 cm³/mol. The molecular formula is C63H54Br3N3O3.